The van der Waals surface area contributed by atoms with E-state index >= 15 is 0 Å². The Balaban J connectivity index is 1.83. The first kappa shape index (κ1) is 17.9. The molecule has 1 N–H and O–H groups in total. The van der Waals surface area contributed by atoms with Crippen molar-refractivity contribution in [3.05, 3.63) is 99.4 Å². The topological polar surface area (TPSA) is 58.8 Å². The average Bonchev–Trinajstić information content (AvgIpc) is 2.69. The van der Waals surface area contributed by atoms with E-state index in [-0.39, 0.29) is 5.56 Å². The largest absolute Gasteiger partial charge is 0.339 e. The van der Waals surface area contributed by atoms with Gasteiger partial charge in [-0.15, -0.1) is 0 Å². The number of halogens is 1. The third-order valence-electron chi connectivity index (χ3n) is 4.23. The number of aliphatic imine (C=N–C) groups is 1. The molecule has 28 heavy (non-hydrogen) atoms. The lowest BCUT2D eigenvalue weighted by molar-refractivity contribution is 1.04. The lowest BCUT2D eigenvalue weighted by Gasteiger charge is -2.10. The minimum Gasteiger partial charge on any atom is -0.339 e. The van der Waals surface area contributed by atoms with Gasteiger partial charge in [0, 0.05) is 23.1 Å². The first-order valence-electron chi connectivity index (χ1n) is 8.75. The van der Waals surface area contributed by atoms with Crippen LogP contribution < -0.4 is 10.9 Å². The maximum atomic E-state index is 13.0. The molecule has 138 valence electrons. The Morgan fingerprint density at radius 2 is 1.89 bits per heavy atom. The van der Waals surface area contributed by atoms with E-state index in [2.05, 4.69) is 15.3 Å². The van der Waals surface area contributed by atoms with E-state index in [1.165, 1.54) is 10.6 Å². The molecule has 0 amide bonds. The fraction of sp³-hybridized carbons (Fsp3) is 0.0455. The van der Waals surface area contributed by atoms with E-state index in [1.54, 1.807) is 30.5 Å². The standard InChI is InChI=1S/C22H17ClN4O/c1-15-8-10-17(11-9-15)25-21-19(14-24-18-6-4-5-16(23)13-18)22(28)27-12-3-2-7-20(27)26-21/h2-14,25H,1H3. The van der Waals surface area contributed by atoms with E-state index in [0.717, 1.165) is 11.3 Å². The van der Waals surface area contributed by atoms with E-state index in [9.17, 15) is 4.79 Å². The highest BCUT2D eigenvalue weighted by atomic mass is 35.5. The number of aromatic nitrogens is 2. The second-order valence-electron chi connectivity index (χ2n) is 6.34. The molecule has 0 spiro atoms. The lowest BCUT2D eigenvalue weighted by Crippen LogP contribution is -2.21. The molecule has 0 atom stereocenters. The molecule has 4 aromatic rings. The zero-order valence-electron chi connectivity index (χ0n) is 15.1. The molecule has 0 radical (unpaired) electrons. The Morgan fingerprint density at radius 1 is 1.07 bits per heavy atom. The minimum atomic E-state index is -0.203. The van der Waals surface area contributed by atoms with Crippen molar-refractivity contribution in [2.24, 2.45) is 4.99 Å². The average molecular weight is 389 g/mol. The highest BCUT2D eigenvalue weighted by Crippen LogP contribution is 2.20. The zero-order valence-corrected chi connectivity index (χ0v) is 15.9. The van der Waals surface area contributed by atoms with Crippen LogP contribution in [0.15, 0.2) is 82.7 Å². The molecule has 0 saturated heterocycles. The molecule has 0 aliphatic carbocycles. The smallest absolute Gasteiger partial charge is 0.268 e. The van der Waals surface area contributed by atoms with Gasteiger partial charge in [0.1, 0.15) is 17.0 Å². The quantitative estimate of drug-likeness (QED) is 0.492. The first-order chi connectivity index (χ1) is 13.6. The van der Waals surface area contributed by atoms with Gasteiger partial charge in [-0.1, -0.05) is 41.4 Å². The van der Waals surface area contributed by atoms with Crippen LogP contribution in [0.1, 0.15) is 11.1 Å². The normalized spacial score (nSPS) is 11.2. The van der Waals surface area contributed by atoms with Crippen molar-refractivity contribution in [1.29, 1.82) is 0 Å². The molecule has 6 heteroatoms. The van der Waals surface area contributed by atoms with Gasteiger partial charge in [0.15, 0.2) is 0 Å². The Labute approximate surface area is 167 Å². The molecule has 0 aliphatic rings. The second kappa shape index (κ2) is 7.66. The predicted octanol–water partition coefficient (Wildman–Crippen LogP) is 5.15. The van der Waals surface area contributed by atoms with Gasteiger partial charge in [-0.2, -0.15) is 0 Å². The predicted molar refractivity (Wildman–Crippen MR) is 115 cm³/mol. The maximum absolute atomic E-state index is 13.0. The summed E-state index contributed by atoms with van der Waals surface area (Å²) in [7, 11) is 0. The van der Waals surface area contributed by atoms with Crippen LogP contribution >= 0.6 is 11.6 Å². The van der Waals surface area contributed by atoms with E-state index < -0.39 is 0 Å². The van der Waals surface area contributed by atoms with Crippen LogP contribution in [0.2, 0.25) is 5.02 Å². The number of benzene rings is 2. The van der Waals surface area contributed by atoms with E-state index in [1.807, 2.05) is 49.4 Å². The summed E-state index contributed by atoms with van der Waals surface area (Å²) in [4.78, 5) is 22.1. The molecule has 0 fully saturated rings. The monoisotopic (exact) mass is 388 g/mol. The Kier molecular flexibility index (Phi) is 4.91. The maximum Gasteiger partial charge on any atom is 0.268 e. The minimum absolute atomic E-state index is 0.203. The number of hydrogen-bond acceptors (Lipinski definition) is 4. The summed E-state index contributed by atoms with van der Waals surface area (Å²) in [5, 5.41) is 3.82. The van der Waals surface area contributed by atoms with Crippen LogP contribution in [-0.4, -0.2) is 15.6 Å². The summed E-state index contributed by atoms with van der Waals surface area (Å²) < 4.78 is 1.50. The number of aryl methyl sites for hydroxylation is 1. The van der Waals surface area contributed by atoms with Crippen molar-refractivity contribution >= 4 is 40.7 Å². The molecule has 5 nitrogen and oxygen atoms in total. The summed E-state index contributed by atoms with van der Waals surface area (Å²) in [6.45, 7) is 2.02. The summed E-state index contributed by atoms with van der Waals surface area (Å²) in [5.74, 6) is 0.450. The van der Waals surface area contributed by atoms with Crippen molar-refractivity contribution in [1.82, 2.24) is 9.38 Å². The van der Waals surface area contributed by atoms with Crippen LogP contribution in [0.3, 0.4) is 0 Å². The van der Waals surface area contributed by atoms with Crippen LogP contribution in [0.4, 0.5) is 17.2 Å². The lowest BCUT2D eigenvalue weighted by atomic mass is 10.2. The van der Waals surface area contributed by atoms with Gasteiger partial charge in [0.05, 0.1) is 5.69 Å². The molecule has 4 rings (SSSR count). The highest BCUT2D eigenvalue weighted by Gasteiger charge is 2.11. The zero-order chi connectivity index (χ0) is 19.5. The Morgan fingerprint density at radius 3 is 2.68 bits per heavy atom. The third kappa shape index (κ3) is 3.80. The van der Waals surface area contributed by atoms with Gasteiger partial charge in [-0.3, -0.25) is 14.2 Å². The van der Waals surface area contributed by atoms with Crippen molar-refractivity contribution in [2.45, 2.75) is 6.92 Å². The van der Waals surface area contributed by atoms with Gasteiger partial charge >= 0.3 is 0 Å². The van der Waals surface area contributed by atoms with E-state index in [0.29, 0.717) is 27.7 Å². The molecular weight excluding hydrogens is 372 g/mol. The van der Waals surface area contributed by atoms with Crippen LogP contribution in [0.25, 0.3) is 5.65 Å². The number of pyridine rings is 1. The Hall–Kier alpha value is -3.44. The van der Waals surface area contributed by atoms with Crippen LogP contribution in [0, 0.1) is 6.92 Å². The molecule has 0 aliphatic heterocycles. The SMILES string of the molecule is Cc1ccc(Nc2nc3ccccn3c(=O)c2C=Nc2cccc(Cl)c2)cc1. The van der Waals surface area contributed by atoms with E-state index in [4.69, 9.17) is 11.6 Å². The van der Waals surface area contributed by atoms with Crippen molar-refractivity contribution in [3.8, 4) is 0 Å². The molecule has 2 heterocycles. The Bertz CT molecular complexity index is 1230. The molecular formula is C22H17ClN4O. The number of rotatable bonds is 4. The summed E-state index contributed by atoms with van der Waals surface area (Å²) in [6.07, 6.45) is 3.22. The molecule has 0 bridgehead atoms. The second-order valence-corrected chi connectivity index (χ2v) is 6.77. The van der Waals surface area contributed by atoms with Gasteiger partial charge in [0.2, 0.25) is 0 Å². The number of nitrogens with one attached hydrogen (secondary N) is 1. The number of anilines is 2. The van der Waals surface area contributed by atoms with Gasteiger partial charge in [0.25, 0.3) is 5.56 Å². The van der Waals surface area contributed by atoms with Crippen LogP contribution in [0.5, 0.6) is 0 Å². The summed E-state index contributed by atoms with van der Waals surface area (Å²) in [5.41, 5.74) is 3.37. The van der Waals surface area contributed by atoms with Gasteiger partial charge < -0.3 is 5.32 Å². The van der Waals surface area contributed by atoms with Gasteiger partial charge in [-0.25, -0.2) is 4.98 Å². The fourth-order valence-corrected chi connectivity index (χ4v) is 2.97. The number of nitrogens with zero attached hydrogens (tertiary/aromatic N) is 3. The van der Waals surface area contributed by atoms with Crippen molar-refractivity contribution in [3.63, 3.8) is 0 Å². The molecule has 0 saturated carbocycles. The van der Waals surface area contributed by atoms with Crippen molar-refractivity contribution in [2.75, 3.05) is 5.32 Å². The third-order valence-corrected chi connectivity index (χ3v) is 4.47. The van der Waals surface area contributed by atoms with Crippen LogP contribution in [-0.2, 0) is 0 Å². The number of fused-ring (bicyclic) bond motifs is 1. The first-order valence-corrected chi connectivity index (χ1v) is 9.13. The highest BCUT2D eigenvalue weighted by molar-refractivity contribution is 6.30. The summed E-state index contributed by atoms with van der Waals surface area (Å²) >= 11 is 6.02. The fourth-order valence-electron chi connectivity index (χ4n) is 2.78. The molecule has 2 aromatic carbocycles. The van der Waals surface area contributed by atoms with Gasteiger partial charge in [-0.05, 0) is 49.4 Å². The molecule has 0 unspecified atom stereocenters. The summed E-state index contributed by atoms with van der Waals surface area (Å²) in [6, 6.07) is 20.5. The molecule has 2 aromatic heterocycles. The number of hydrogen-bond donors (Lipinski definition) is 1. The van der Waals surface area contributed by atoms with Crippen molar-refractivity contribution < 1.29 is 0 Å².